The maximum Gasteiger partial charge on any atom is 0.330 e. The Morgan fingerprint density at radius 3 is 2.66 bits per heavy atom. The van der Waals surface area contributed by atoms with Crippen LogP contribution in [-0.4, -0.2) is 36.4 Å². The molecule has 0 aromatic heterocycles. The van der Waals surface area contributed by atoms with Crippen LogP contribution in [-0.2, 0) is 19.1 Å². The van der Waals surface area contributed by atoms with Gasteiger partial charge in [0.2, 0.25) is 0 Å². The second kappa shape index (κ2) is 8.48. The summed E-state index contributed by atoms with van der Waals surface area (Å²) in [5.41, 5.74) is 2.65. The molecule has 2 saturated carbocycles. The van der Waals surface area contributed by atoms with Gasteiger partial charge in [-0.05, 0) is 61.2 Å². The molecule has 0 bridgehead atoms. The van der Waals surface area contributed by atoms with Crippen LogP contribution in [0.4, 0.5) is 0 Å². The quantitative estimate of drug-likeness (QED) is 0.386. The molecule has 2 fully saturated rings. The molecule has 0 amide bonds. The van der Waals surface area contributed by atoms with Gasteiger partial charge in [0.05, 0.1) is 13.2 Å². The summed E-state index contributed by atoms with van der Waals surface area (Å²) in [6, 6.07) is 0. The lowest BCUT2D eigenvalue weighted by Gasteiger charge is -2.59. The van der Waals surface area contributed by atoms with Crippen molar-refractivity contribution in [2.75, 3.05) is 7.11 Å². The number of aliphatic hydroxyl groups is 1. The summed E-state index contributed by atoms with van der Waals surface area (Å²) in [6.07, 6.45) is 13.1. The zero-order valence-electron chi connectivity index (χ0n) is 20.1. The molecule has 0 aromatic rings. The Hall–Kier alpha value is -1.88. The fourth-order valence-electron chi connectivity index (χ4n) is 7.75. The van der Waals surface area contributed by atoms with Crippen molar-refractivity contribution in [2.24, 2.45) is 34.5 Å². The highest BCUT2D eigenvalue weighted by atomic mass is 16.5. The highest BCUT2D eigenvalue weighted by molar-refractivity contribution is 5.81. The molecule has 0 saturated heterocycles. The van der Waals surface area contributed by atoms with Crippen molar-refractivity contribution in [3.05, 3.63) is 35.5 Å². The molecule has 4 aliphatic rings. The lowest BCUT2D eigenvalue weighted by molar-refractivity contribution is -0.165. The molecule has 32 heavy (non-hydrogen) atoms. The predicted octanol–water partition coefficient (Wildman–Crippen LogP) is 4.75. The number of aliphatic hydroxyl groups excluding tert-OH is 1. The molecular weight excluding hydrogens is 404 g/mol. The number of allylic oxidation sites excluding steroid dienone is 4. The van der Waals surface area contributed by atoms with Crippen molar-refractivity contribution in [1.29, 1.82) is 0 Å². The van der Waals surface area contributed by atoms with E-state index in [1.54, 1.807) is 6.08 Å². The zero-order valence-corrected chi connectivity index (χ0v) is 20.1. The number of fused-ring (bicyclic) bond motifs is 5. The lowest BCUT2D eigenvalue weighted by atomic mass is 9.46. The topological polar surface area (TPSA) is 72.8 Å². The monoisotopic (exact) mass is 442 g/mol. The van der Waals surface area contributed by atoms with Crippen molar-refractivity contribution in [3.8, 4) is 0 Å². The Kier molecular flexibility index (Phi) is 6.17. The first kappa shape index (κ1) is 23.3. The Bertz CT molecular complexity index is 869. The van der Waals surface area contributed by atoms with Crippen molar-refractivity contribution in [2.45, 2.75) is 78.4 Å². The maximum absolute atomic E-state index is 11.9. The number of rotatable bonds is 4. The fraction of sp³-hybridized carbons (Fsp3) is 0.704. The molecule has 0 heterocycles. The van der Waals surface area contributed by atoms with Crippen LogP contribution in [0.3, 0.4) is 0 Å². The first-order valence-electron chi connectivity index (χ1n) is 12.1. The van der Waals surface area contributed by atoms with Gasteiger partial charge in [0.1, 0.15) is 6.10 Å². The van der Waals surface area contributed by atoms with Gasteiger partial charge in [0, 0.05) is 24.8 Å². The summed E-state index contributed by atoms with van der Waals surface area (Å²) >= 11 is 0. The second-order valence-electron chi connectivity index (χ2n) is 10.8. The van der Waals surface area contributed by atoms with Gasteiger partial charge >= 0.3 is 11.9 Å². The number of carbonyl (C=O) groups is 2. The van der Waals surface area contributed by atoms with Crippen LogP contribution in [0.5, 0.6) is 0 Å². The van der Waals surface area contributed by atoms with Crippen LogP contribution in [0, 0.1) is 34.5 Å². The van der Waals surface area contributed by atoms with Crippen molar-refractivity contribution in [1.82, 2.24) is 0 Å². The van der Waals surface area contributed by atoms with Gasteiger partial charge < -0.3 is 14.6 Å². The van der Waals surface area contributed by atoms with E-state index in [1.807, 2.05) is 6.08 Å². The molecule has 0 unspecified atom stereocenters. The summed E-state index contributed by atoms with van der Waals surface area (Å²) in [5, 5.41) is 10.5. The molecular formula is C27H38O5. The van der Waals surface area contributed by atoms with Crippen molar-refractivity contribution >= 4 is 11.9 Å². The third kappa shape index (κ3) is 3.67. The number of hydrogen-bond donors (Lipinski definition) is 1. The SMILES string of the molecule is COC(=O)C=C[C@@H](C)C1=CC[C@H]2[C@@H]3CC=C4C[C@@H](O)C[C@H](OC(C)=O)[C@]4(C)[C@H]3CC[C@]12C. The van der Waals surface area contributed by atoms with E-state index in [0.717, 1.165) is 25.7 Å². The molecule has 5 heteroatoms. The Balaban J connectivity index is 1.61. The predicted molar refractivity (Wildman–Crippen MR) is 122 cm³/mol. The molecule has 0 spiro atoms. The highest BCUT2D eigenvalue weighted by Crippen LogP contribution is 2.66. The summed E-state index contributed by atoms with van der Waals surface area (Å²) in [4.78, 5) is 23.5. The summed E-state index contributed by atoms with van der Waals surface area (Å²) in [7, 11) is 1.41. The van der Waals surface area contributed by atoms with E-state index in [0.29, 0.717) is 30.6 Å². The summed E-state index contributed by atoms with van der Waals surface area (Å²) in [5.74, 6) is 1.15. The molecule has 0 aromatic carbocycles. The molecule has 176 valence electrons. The number of methoxy groups -OCH3 is 1. The van der Waals surface area contributed by atoms with Gasteiger partial charge in [-0.1, -0.05) is 50.1 Å². The van der Waals surface area contributed by atoms with Gasteiger partial charge in [-0.25, -0.2) is 4.79 Å². The van der Waals surface area contributed by atoms with E-state index in [-0.39, 0.29) is 34.8 Å². The molecule has 8 atom stereocenters. The lowest BCUT2D eigenvalue weighted by Crippen LogP contribution is -2.56. The van der Waals surface area contributed by atoms with E-state index in [4.69, 9.17) is 9.47 Å². The number of hydrogen-bond acceptors (Lipinski definition) is 5. The smallest absolute Gasteiger partial charge is 0.330 e. The summed E-state index contributed by atoms with van der Waals surface area (Å²) in [6.45, 7) is 8.33. The third-order valence-electron chi connectivity index (χ3n) is 9.31. The minimum Gasteiger partial charge on any atom is -0.466 e. The standard InChI is InChI=1S/C27H38O5/c1-16(6-11-25(30)31-5)21-9-10-22-20-8-7-18-14-19(29)15-24(32-17(2)28)27(18,4)23(20)12-13-26(21,22)3/h6-7,9,11,16,19-20,22-24,29H,8,10,12-15H2,1-5H3/t16-,19-,20+,22+,23+,24+,26-,27+/m1/s1. The van der Waals surface area contributed by atoms with Crippen LogP contribution < -0.4 is 0 Å². The van der Waals surface area contributed by atoms with Crippen LogP contribution in [0.25, 0.3) is 0 Å². The maximum atomic E-state index is 11.9. The first-order valence-corrected chi connectivity index (χ1v) is 12.1. The average Bonchev–Trinajstić information content (AvgIpc) is 3.09. The Morgan fingerprint density at radius 2 is 1.97 bits per heavy atom. The largest absolute Gasteiger partial charge is 0.466 e. The zero-order chi connectivity index (χ0) is 23.3. The molecule has 4 aliphatic carbocycles. The van der Waals surface area contributed by atoms with Gasteiger partial charge in [0.15, 0.2) is 0 Å². The van der Waals surface area contributed by atoms with Crippen molar-refractivity contribution in [3.63, 3.8) is 0 Å². The second-order valence-corrected chi connectivity index (χ2v) is 10.8. The summed E-state index contributed by atoms with van der Waals surface area (Å²) < 4.78 is 10.6. The van der Waals surface area contributed by atoms with Crippen LogP contribution in [0.15, 0.2) is 35.5 Å². The Labute approximate surface area is 191 Å². The van der Waals surface area contributed by atoms with Crippen LogP contribution in [0.2, 0.25) is 0 Å². The van der Waals surface area contributed by atoms with Crippen LogP contribution in [0.1, 0.15) is 66.2 Å². The average molecular weight is 443 g/mol. The van der Waals surface area contributed by atoms with Gasteiger partial charge in [-0.2, -0.15) is 0 Å². The fourth-order valence-corrected chi connectivity index (χ4v) is 7.75. The normalized spacial score (nSPS) is 41.6. The molecule has 0 aliphatic heterocycles. The minimum absolute atomic E-state index is 0.119. The van der Waals surface area contributed by atoms with Gasteiger partial charge in [-0.15, -0.1) is 0 Å². The van der Waals surface area contributed by atoms with Gasteiger partial charge in [0.25, 0.3) is 0 Å². The van der Waals surface area contributed by atoms with Crippen molar-refractivity contribution < 1.29 is 24.2 Å². The van der Waals surface area contributed by atoms with Gasteiger partial charge in [-0.3, -0.25) is 4.79 Å². The minimum atomic E-state index is -0.439. The van der Waals surface area contributed by atoms with E-state index in [9.17, 15) is 14.7 Å². The highest BCUT2D eigenvalue weighted by Gasteiger charge is 2.60. The van der Waals surface area contributed by atoms with E-state index >= 15 is 0 Å². The van der Waals surface area contributed by atoms with E-state index in [2.05, 4.69) is 32.9 Å². The first-order chi connectivity index (χ1) is 15.1. The Morgan fingerprint density at radius 1 is 1.22 bits per heavy atom. The molecule has 5 nitrogen and oxygen atoms in total. The number of esters is 2. The third-order valence-corrected chi connectivity index (χ3v) is 9.31. The molecule has 4 rings (SSSR count). The molecule has 1 N–H and O–H groups in total. The van der Waals surface area contributed by atoms with E-state index in [1.165, 1.54) is 25.2 Å². The van der Waals surface area contributed by atoms with E-state index < -0.39 is 6.10 Å². The van der Waals surface area contributed by atoms with Crippen LogP contribution >= 0.6 is 0 Å². The number of ether oxygens (including phenoxy) is 2. The molecule has 0 radical (unpaired) electrons. The number of carbonyl (C=O) groups excluding carboxylic acids is 2.